The number of benzene rings is 1. The van der Waals surface area contributed by atoms with Crippen LogP contribution >= 0.6 is 0 Å². The van der Waals surface area contributed by atoms with E-state index in [0.29, 0.717) is 0 Å². The summed E-state index contributed by atoms with van der Waals surface area (Å²) in [6, 6.07) is 12.5. The Labute approximate surface area is 152 Å². The summed E-state index contributed by atoms with van der Waals surface area (Å²) < 4.78 is 6.19. The van der Waals surface area contributed by atoms with Crippen molar-refractivity contribution in [3.63, 3.8) is 0 Å². The Balaban J connectivity index is 1.95. The van der Waals surface area contributed by atoms with Gasteiger partial charge in [-0.25, -0.2) is 9.97 Å². The standard InChI is InChI=1S/C20H22N6/c1-4-16(17-10-11-23-25(17)3)26-14-22-18(15-8-6-5-7-9-15)19(26)20-21-12-13-24(20)2/h5-14,16H,4H2,1-3H3/t16-/m0/s1. The molecule has 4 aromatic rings. The highest BCUT2D eigenvalue weighted by molar-refractivity contribution is 5.75. The highest BCUT2D eigenvalue weighted by Gasteiger charge is 2.24. The molecule has 4 rings (SSSR count). The van der Waals surface area contributed by atoms with Crippen LogP contribution in [-0.2, 0) is 14.1 Å². The van der Waals surface area contributed by atoms with Crippen LogP contribution < -0.4 is 0 Å². The van der Waals surface area contributed by atoms with E-state index in [2.05, 4.69) is 39.8 Å². The number of aromatic nitrogens is 6. The van der Waals surface area contributed by atoms with Crippen molar-refractivity contribution in [1.29, 1.82) is 0 Å². The predicted molar refractivity (Wildman–Crippen MR) is 102 cm³/mol. The van der Waals surface area contributed by atoms with Crippen molar-refractivity contribution in [1.82, 2.24) is 28.9 Å². The molecule has 3 aromatic heterocycles. The van der Waals surface area contributed by atoms with Gasteiger partial charge in [-0.05, 0) is 12.5 Å². The summed E-state index contributed by atoms with van der Waals surface area (Å²) in [5.74, 6) is 0.905. The van der Waals surface area contributed by atoms with E-state index in [1.54, 1.807) is 0 Å². The zero-order chi connectivity index (χ0) is 18.1. The normalized spacial score (nSPS) is 12.4. The zero-order valence-electron chi connectivity index (χ0n) is 15.2. The van der Waals surface area contributed by atoms with E-state index in [1.165, 1.54) is 0 Å². The summed E-state index contributed by atoms with van der Waals surface area (Å²) in [6.07, 6.45) is 8.49. The van der Waals surface area contributed by atoms with E-state index >= 15 is 0 Å². The fourth-order valence-electron chi connectivity index (χ4n) is 3.48. The van der Waals surface area contributed by atoms with E-state index in [4.69, 9.17) is 4.98 Å². The molecule has 26 heavy (non-hydrogen) atoms. The van der Waals surface area contributed by atoms with Gasteiger partial charge in [0.2, 0.25) is 0 Å². The number of nitrogens with zero attached hydrogens (tertiary/aromatic N) is 6. The average molecular weight is 346 g/mol. The second kappa shape index (κ2) is 6.63. The van der Waals surface area contributed by atoms with Gasteiger partial charge >= 0.3 is 0 Å². The molecule has 3 heterocycles. The number of rotatable bonds is 5. The van der Waals surface area contributed by atoms with Gasteiger partial charge in [-0.15, -0.1) is 0 Å². The molecule has 0 unspecified atom stereocenters. The summed E-state index contributed by atoms with van der Waals surface area (Å²) >= 11 is 0. The van der Waals surface area contributed by atoms with Gasteiger partial charge in [-0.2, -0.15) is 5.10 Å². The second-order valence-electron chi connectivity index (χ2n) is 6.38. The molecule has 132 valence electrons. The first-order chi connectivity index (χ1) is 12.7. The lowest BCUT2D eigenvalue weighted by Gasteiger charge is -2.20. The lowest BCUT2D eigenvalue weighted by molar-refractivity contribution is 0.520. The minimum atomic E-state index is 0.138. The van der Waals surface area contributed by atoms with Gasteiger partial charge in [0.25, 0.3) is 0 Å². The average Bonchev–Trinajstić information content (AvgIpc) is 3.37. The minimum Gasteiger partial charge on any atom is -0.333 e. The van der Waals surface area contributed by atoms with Crippen molar-refractivity contribution in [2.24, 2.45) is 14.1 Å². The predicted octanol–water partition coefficient (Wildman–Crippen LogP) is 3.68. The Morgan fingerprint density at radius 2 is 1.81 bits per heavy atom. The van der Waals surface area contributed by atoms with Gasteiger partial charge in [0.15, 0.2) is 5.82 Å². The first-order valence-electron chi connectivity index (χ1n) is 8.78. The van der Waals surface area contributed by atoms with Crippen LogP contribution in [0, 0.1) is 0 Å². The molecule has 6 heteroatoms. The summed E-state index contributed by atoms with van der Waals surface area (Å²) in [5.41, 5.74) is 4.21. The molecule has 6 nitrogen and oxygen atoms in total. The fraction of sp³-hybridized carbons (Fsp3) is 0.250. The van der Waals surface area contributed by atoms with E-state index in [1.807, 2.05) is 66.5 Å². The van der Waals surface area contributed by atoms with Gasteiger partial charge in [-0.1, -0.05) is 37.3 Å². The summed E-state index contributed by atoms with van der Waals surface area (Å²) in [5, 5.41) is 4.35. The van der Waals surface area contributed by atoms with Crippen molar-refractivity contribution in [2.75, 3.05) is 0 Å². The third-order valence-electron chi connectivity index (χ3n) is 4.80. The molecule has 0 amide bonds. The highest BCUT2D eigenvalue weighted by atomic mass is 15.3. The number of hydrogen-bond donors (Lipinski definition) is 0. The summed E-state index contributed by atoms with van der Waals surface area (Å²) in [6.45, 7) is 2.18. The topological polar surface area (TPSA) is 53.5 Å². The van der Waals surface area contributed by atoms with Crippen molar-refractivity contribution in [3.05, 3.63) is 67.0 Å². The van der Waals surface area contributed by atoms with E-state index in [-0.39, 0.29) is 6.04 Å². The molecular formula is C20H22N6. The van der Waals surface area contributed by atoms with Crippen LogP contribution in [0.15, 0.2) is 61.3 Å². The monoisotopic (exact) mass is 346 g/mol. The molecule has 0 bridgehead atoms. The van der Waals surface area contributed by atoms with Gasteiger partial charge in [0, 0.05) is 38.2 Å². The minimum absolute atomic E-state index is 0.138. The Hall–Kier alpha value is -3.15. The molecule has 0 N–H and O–H groups in total. The lowest BCUT2D eigenvalue weighted by Crippen LogP contribution is -2.15. The van der Waals surface area contributed by atoms with Crippen LogP contribution in [-0.4, -0.2) is 28.9 Å². The molecule has 0 spiro atoms. The maximum Gasteiger partial charge on any atom is 0.158 e. The molecule has 0 aliphatic heterocycles. The summed E-state index contributed by atoms with van der Waals surface area (Å²) in [4.78, 5) is 9.38. The molecule has 0 saturated carbocycles. The molecular weight excluding hydrogens is 324 g/mol. The van der Waals surface area contributed by atoms with E-state index in [0.717, 1.165) is 34.9 Å². The lowest BCUT2D eigenvalue weighted by atomic mass is 10.1. The number of aryl methyl sites for hydroxylation is 2. The van der Waals surface area contributed by atoms with Crippen molar-refractivity contribution < 1.29 is 0 Å². The smallest absolute Gasteiger partial charge is 0.158 e. The van der Waals surface area contributed by atoms with Gasteiger partial charge < -0.3 is 9.13 Å². The van der Waals surface area contributed by atoms with Gasteiger partial charge in [0.05, 0.1) is 23.8 Å². The van der Waals surface area contributed by atoms with Crippen LogP contribution in [0.1, 0.15) is 25.1 Å². The Kier molecular flexibility index (Phi) is 4.16. The molecule has 0 saturated heterocycles. The van der Waals surface area contributed by atoms with Gasteiger partial charge in [-0.3, -0.25) is 4.68 Å². The van der Waals surface area contributed by atoms with Crippen molar-refractivity contribution in [3.8, 4) is 22.8 Å². The fourth-order valence-corrected chi connectivity index (χ4v) is 3.48. The molecule has 0 fully saturated rings. The van der Waals surface area contributed by atoms with Crippen LogP contribution in [0.4, 0.5) is 0 Å². The molecule has 1 atom stereocenters. The number of imidazole rings is 2. The molecule has 1 aromatic carbocycles. The van der Waals surface area contributed by atoms with Gasteiger partial charge in [0.1, 0.15) is 5.69 Å². The first kappa shape index (κ1) is 16.3. The van der Waals surface area contributed by atoms with Crippen molar-refractivity contribution >= 4 is 0 Å². The van der Waals surface area contributed by atoms with Crippen LogP contribution in [0.2, 0.25) is 0 Å². The molecule has 0 radical (unpaired) electrons. The maximum absolute atomic E-state index is 4.77. The maximum atomic E-state index is 4.77. The quantitative estimate of drug-likeness (QED) is 0.554. The van der Waals surface area contributed by atoms with E-state index in [9.17, 15) is 0 Å². The van der Waals surface area contributed by atoms with Crippen LogP contribution in [0.25, 0.3) is 22.8 Å². The molecule has 0 aliphatic carbocycles. The van der Waals surface area contributed by atoms with Crippen LogP contribution in [0.3, 0.4) is 0 Å². The third-order valence-corrected chi connectivity index (χ3v) is 4.80. The zero-order valence-corrected chi connectivity index (χ0v) is 15.2. The number of hydrogen-bond acceptors (Lipinski definition) is 3. The SMILES string of the molecule is CC[C@@H](c1ccnn1C)n1cnc(-c2ccccc2)c1-c1nccn1C. The van der Waals surface area contributed by atoms with Crippen molar-refractivity contribution in [2.45, 2.75) is 19.4 Å². The first-order valence-corrected chi connectivity index (χ1v) is 8.78. The van der Waals surface area contributed by atoms with Crippen LogP contribution in [0.5, 0.6) is 0 Å². The molecule has 0 aliphatic rings. The second-order valence-corrected chi connectivity index (χ2v) is 6.38. The van der Waals surface area contributed by atoms with E-state index < -0.39 is 0 Å². The Morgan fingerprint density at radius 1 is 1.00 bits per heavy atom. The largest absolute Gasteiger partial charge is 0.333 e. The third kappa shape index (κ3) is 2.63. The Bertz CT molecular complexity index is 1010. The highest BCUT2D eigenvalue weighted by Crippen LogP contribution is 2.34. The summed E-state index contributed by atoms with van der Waals surface area (Å²) in [7, 11) is 3.99. The Morgan fingerprint density at radius 3 is 2.42 bits per heavy atom.